The van der Waals surface area contributed by atoms with E-state index in [2.05, 4.69) is 16.0 Å². The fourth-order valence-electron chi connectivity index (χ4n) is 2.58. The van der Waals surface area contributed by atoms with E-state index in [1.807, 2.05) is 0 Å². The van der Waals surface area contributed by atoms with Crippen LogP contribution in [-0.4, -0.2) is 16.9 Å². The monoisotopic (exact) mass is 469 g/mol. The lowest BCUT2D eigenvalue weighted by Gasteiger charge is -2.11. The number of amides is 2. The molecule has 0 atom stereocenters. The van der Waals surface area contributed by atoms with E-state index in [-0.39, 0.29) is 16.9 Å². The standard InChI is InChI=1S/C23H17Cl2N3O2S/c24-16-11-8-15(9-12-16)10-13-21(29)28-23(31)27-18-5-3-4-17(14-18)26-22(30)19-6-1-2-7-20(19)25/h1-14H,(H,26,30)(H2,27,28,29,31)/b13-10+. The summed E-state index contributed by atoms with van der Waals surface area (Å²) < 4.78 is 0. The van der Waals surface area contributed by atoms with Gasteiger partial charge in [-0.1, -0.05) is 53.5 Å². The summed E-state index contributed by atoms with van der Waals surface area (Å²) in [5.74, 6) is -0.707. The van der Waals surface area contributed by atoms with Crippen LogP contribution < -0.4 is 16.0 Å². The molecule has 0 aromatic heterocycles. The molecule has 0 spiro atoms. The van der Waals surface area contributed by atoms with Gasteiger partial charge < -0.3 is 10.6 Å². The Hall–Kier alpha value is -3.19. The molecule has 156 valence electrons. The van der Waals surface area contributed by atoms with E-state index >= 15 is 0 Å². The number of carbonyl (C=O) groups excluding carboxylic acids is 2. The average molecular weight is 470 g/mol. The number of thiocarbonyl (C=S) groups is 1. The number of nitrogens with one attached hydrogen (secondary N) is 3. The highest BCUT2D eigenvalue weighted by atomic mass is 35.5. The Bertz CT molecular complexity index is 1150. The minimum atomic E-state index is -0.379. The minimum Gasteiger partial charge on any atom is -0.332 e. The summed E-state index contributed by atoms with van der Waals surface area (Å²) >= 11 is 17.1. The van der Waals surface area contributed by atoms with Gasteiger partial charge in [0.05, 0.1) is 10.6 Å². The topological polar surface area (TPSA) is 70.2 Å². The van der Waals surface area contributed by atoms with Gasteiger partial charge in [0.2, 0.25) is 5.91 Å². The molecule has 0 unspecified atom stereocenters. The molecular weight excluding hydrogens is 453 g/mol. The van der Waals surface area contributed by atoms with Gasteiger partial charge in [-0.25, -0.2) is 0 Å². The van der Waals surface area contributed by atoms with Gasteiger partial charge in [0.15, 0.2) is 5.11 Å². The van der Waals surface area contributed by atoms with Crippen LogP contribution in [0.25, 0.3) is 6.08 Å². The highest BCUT2D eigenvalue weighted by molar-refractivity contribution is 7.80. The smallest absolute Gasteiger partial charge is 0.257 e. The molecule has 0 heterocycles. The predicted molar refractivity (Wildman–Crippen MR) is 131 cm³/mol. The molecule has 0 saturated heterocycles. The Kier molecular flexibility index (Phi) is 7.78. The minimum absolute atomic E-state index is 0.125. The van der Waals surface area contributed by atoms with E-state index in [1.165, 1.54) is 6.08 Å². The average Bonchev–Trinajstić information content (AvgIpc) is 2.73. The van der Waals surface area contributed by atoms with Gasteiger partial charge in [-0.3, -0.25) is 14.9 Å². The molecule has 0 fully saturated rings. The first-order valence-corrected chi connectivity index (χ1v) is 10.3. The Labute approximate surface area is 195 Å². The summed E-state index contributed by atoms with van der Waals surface area (Å²) in [4.78, 5) is 24.5. The van der Waals surface area contributed by atoms with Crippen LogP contribution in [0.3, 0.4) is 0 Å². The maximum absolute atomic E-state index is 12.4. The van der Waals surface area contributed by atoms with Crippen molar-refractivity contribution in [3.8, 4) is 0 Å². The first kappa shape index (κ1) is 22.5. The maximum Gasteiger partial charge on any atom is 0.257 e. The third kappa shape index (κ3) is 6.93. The molecule has 5 nitrogen and oxygen atoms in total. The van der Waals surface area contributed by atoms with E-state index < -0.39 is 0 Å². The first-order chi connectivity index (χ1) is 14.9. The lowest BCUT2D eigenvalue weighted by atomic mass is 10.2. The molecule has 0 aliphatic rings. The molecule has 2 amide bonds. The maximum atomic E-state index is 12.4. The number of rotatable bonds is 5. The quantitative estimate of drug-likeness (QED) is 0.327. The van der Waals surface area contributed by atoms with Crippen LogP contribution >= 0.6 is 35.4 Å². The summed E-state index contributed by atoms with van der Waals surface area (Å²) in [5.41, 5.74) is 2.36. The van der Waals surface area contributed by atoms with E-state index in [4.69, 9.17) is 35.4 Å². The Morgan fingerprint density at radius 1 is 0.839 bits per heavy atom. The van der Waals surface area contributed by atoms with Crippen LogP contribution in [0, 0.1) is 0 Å². The second-order valence-corrected chi connectivity index (χ2v) is 7.59. The van der Waals surface area contributed by atoms with Crippen molar-refractivity contribution in [2.45, 2.75) is 0 Å². The van der Waals surface area contributed by atoms with Crippen molar-refractivity contribution in [3.05, 3.63) is 100 Å². The lowest BCUT2D eigenvalue weighted by molar-refractivity contribution is -0.115. The zero-order valence-electron chi connectivity index (χ0n) is 16.1. The van der Waals surface area contributed by atoms with Gasteiger partial charge in [0, 0.05) is 22.5 Å². The van der Waals surface area contributed by atoms with Gasteiger partial charge in [0.25, 0.3) is 5.91 Å². The zero-order valence-corrected chi connectivity index (χ0v) is 18.4. The van der Waals surface area contributed by atoms with Crippen molar-refractivity contribution in [3.63, 3.8) is 0 Å². The molecule has 31 heavy (non-hydrogen) atoms. The summed E-state index contributed by atoms with van der Waals surface area (Å²) in [7, 11) is 0. The largest absolute Gasteiger partial charge is 0.332 e. The number of halogens is 2. The van der Waals surface area contributed by atoms with E-state index in [0.29, 0.717) is 27.0 Å². The van der Waals surface area contributed by atoms with Crippen LogP contribution in [0.5, 0.6) is 0 Å². The Morgan fingerprint density at radius 3 is 2.23 bits per heavy atom. The molecule has 0 aliphatic heterocycles. The number of anilines is 2. The van der Waals surface area contributed by atoms with Crippen molar-refractivity contribution in [2.24, 2.45) is 0 Å². The number of carbonyl (C=O) groups is 2. The van der Waals surface area contributed by atoms with Crippen LogP contribution in [0.1, 0.15) is 15.9 Å². The normalized spacial score (nSPS) is 10.5. The molecular formula is C23H17Cl2N3O2S. The predicted octanol–water partition coefficient (Wildman–Crippen LogP) is 5.77. The Morgan fingerprint density at radius 2 is 1.52 bits per heavy atom. The highest BCUT2D eigenvalue weighted by Crippen LogP contribution is 2.19. The van der Waals surface area contributed by atoms with Gasteiger partial charge in [0.1, 0.15) is 0 Å². The van der Waals surface area contributed by atoms with Gasteiger partial charge in [-0.05, 0) is 66.3 Å². The summed E-state index contributed by atoms with van der Waals surface area (Å²) in [6.07, 6.45) is 3.02. The molecule has 0 radical (unpaired) electrons. The first-order valence-electron chi connectivity index (χ1n) is 9.12. The summed E-state index contributed by atoms with van der Waals surface area (Å²) in [6.45, 7) is 0. The lowest BCUT2D eigenvalue weighted by Crippen LogP contribution is -2.32. The van der Waals surface area contributed by atoms with Crippen LogP contribution in [0.2, 0.25) is 10.0 Å². The van der Waals surface area contributed by atoms with Gasteiger partial charge >= 0.3 is 0 Å². The molecule has 3 N–H and O–H groups in total. The van der Waals surface area contributed by atoms with Crippen molar-refractivity contribution in [1.29, 1.82) is 0 Å². The van der Waals surface area contributed by atoms with Crippen molar-refractivity contribution < 1.29 is 9.59 Å². The molecule has 8 heteroatoms. The van der Waals surface area contributed by atoms with Crippen LogP contribution in [-0.2, 0) is 4.79 Å². The van der Waals surface area contributed by atoms with Crippen molar-refractivity contribution in [1.82, 2.24) is 5.32 Å². The van der Waals surface area contributed by atoms with Crippen LogP contribution in [0.4, 0.5) is 11.4 Å². The molecule has 3 aromatic carbocycles. The number of benzene rings is 3. The number of hydrogen-bond acceptors (Lipinski definition) is 3. The summed E-state index contributed by atoms with van der Waals surface area (Å²) in [5, 5.41) is 9.38. The fourth-order valence-corrected chi connectivity index (χ4v) is 3.15. The summed E-state index contributed by atoms with van der Waals surface area (Å²) in [6, 6.07) is 20.8. The van der Waals surface area contributed by atoms with Crippen molar-refractivity contribution >= 4 is 69.8 Å². The van der Waals surface area contributed by atoms with Crippen LogP contribution in [0.15, 0.2) is 78.9 Å². The third-order valence-corrected chi connectivity index (χ3v) is 4.82. The molecule has 0 aliphatic carbocycles. The molecule has 0 saturated carbocycles. The van der Waals surface area contributed by atoms with Gasteiger partial charge in [-0.15, -0.1) is 0 Å². The highest BCUT2D eigenvalue weighted by Gasteiger charge is 2.10. The van der Waals surface area contributed by atoms with E-state index in [9.17, 15) is 9.59 Å². The molecule has 3 rings (SSSR count). The van der Waals surface area contributed by atoms with E-state index in [0.717, 1.165) is 5.56 Å². The fraction of sp³-hybridized carbons (Fsp3) is 0. The van der Waals surface area contributed by atoms with Gasteiger partial charge in [-0.2, -0.15) is 0 Å². The molecule has 0 bridgehead atoms. The Balaban J connectivity index is 1.56. The second-order valence-electron chi connectivity index (χ2n) is 6.34. The van der Waals surface area contributed by atoms with Crippen molar-refractivity contribution in [2.75, 3.05) is 10.6 Å². The second kappa shape index (κ2) is 10.7. The SMILES string of the molecule is O=C(/C=C/c1ccc(Cl)cc1)NC(=S)Nc1cccc(NC(=O)c2ccccc2Cl)c1. The third-order valence-electron chi connectivity index (χ3n) is 4.03. The zero-order chi connectivity index (χ0) is 22.2. The number of hydrogen-bond donors (Lipinski definition) is 3. The van der Waals surface area contributed by atoms with E-state index in [1.54, 1.807) is 78.9 Å². The molecule has 3 aromatic rings.